The summed E-state index contributed by atoms with van der Waals surface area (Å²) in [5.74, 6) is 1.22. The van der Waals surface area contributed by atoms with Gasteiger partial charge < -0.3 is 19.4 Å². The number of carbonyl (C=O) groups excluding carboxylic acids is 2. The van der Waals surface area contributed by atoms with Crippen LogP contribution in [0.1, 0.15) is 46.0 Å². The highest BCUT2D eigenvalue weighted by atomic mass is 16.5. The Hall–Kier alpha value is -2.24. The van der Waals surface area contributed by atoms with Crippen molar-refractivity contribution in [2.75, 3.05) is 38.2 Å². The van der Waals surface area contributed by atoms with E-state index in [1.54, 1.807) is 7.11 Å². The van der Waals surface area contributed by atoms with E-state index < -0.39 is 5.41 Å². The van der Waals surface area contributed by atoms with E-state index in [9.17, 15) is 9.59 Å². The standard InChI is InChI=1S/C23H33N3O3/c1-17(2)26-20(23(22(26)28)11-7-4-8-12-23)21(27)25-15-13-24(14-16-25)18-9-5-6-10-19(18)29-3/h5-6,9-10,17,20H,4,7-8,11-16H2,1-3H3. The van der Waals surface area contributed by atoms with Gasteiger partial charge in [0.1, 0.15) is 11.8 Å². The van der Waals surface area contributed by atoms with E-state index in [0.717, 1.165) is 50.2 Å². The van der Waals surface area contributed by atoms with E-state index >= 15 is 0 Å². The number of piperazine rings is 1. The van der Waals surface area contributed by atoms with Gasteiger partial charge in [-0.1, -0.05) is 31.4 Å². The van der Waals surface area contributed by atoms with Gasteiger partial charge in [0, 0.05) is 32.2 Å². The lowest BCUT2D eigenvalue weighted by molar-refractivity contribution is -0.189. The van der Waals surface area contributed by atoms with Crippen LogP contribution in [0.5, 0.6) is 5.75 Å². The molecule has 158 valence electrons. The molecule has 3 aliphatic rings. The van der Waals surface area contributed by atoms with E-state index in [4.69, 9.17) is 4.74 Å². The average Bonchev–Trinajstić information content (AvgIpc) is 2.76. The lowest BCUT2D eigenvalue weighted by Gasteiger charge is -2.59. The maximum absolute atomic E-state index is 13.6. The number of amides is 2. The Bertz CT molecular complexity index is 764. The Morgan fingerprint density at radius 2 is 1.72 bits per heavy atom. The lowest BCUT2D eigenvalue weighted by Crippen LogP contribution is -2.76. The molecule has 0 bridgehead atoms. The number of benzene rings is 1. The van der Waals surface area contributed by atoms with Gasteiger partial charge in [-0.15, -0.1) is 0 Å². The second-order valence-corrected chi connectivity index (χ2v) is 8.91. The number of β-lactam (4-membered cyclic amide) rings is 1. The fourth-order valence-corrected chi connectivity index (χ4v) is 5.48. The number of carbonyl (C=O) groups is 2. The van der Waals surface area contributed by atoms with Crippen molar-refractivity contribution >= 4 is 17.5 Å². The zero-order valence-corrected chi connectivity index (χ0v) is 17.9. The summed E-state index contributed by atoms with van der Waals surface area (Å²) in [5, 5.41) is 0. The van der Waals surface area contributed by atoms with Crippen molar-refractivity contribution in [1.82, 2.24) is 9.80 Å². The first-order chi connectivity index (χ1) is 14.0. The minimum atomic E-state index is -0.431. The number of likely N-dealkylation sites (tertiary alicyclic amines) is 1. The van der Waals surface area contributed by atoms with Crippen LogP contribution in [0, 0.1) is 5.41 Å². The van der Waals surface area contributed by atoms with Crippen molar-refractivity contribution in [3.05, 3.63) is 24.3 Å². The van der Waals surface area contributed by atoms with Crippen LogP contribution >= 0.6 is 0 Å². The number of ether oxygens (including phenoxy) is 1. The third-order valence-corrected chi connectivity index (χ3v) is 7.02. The van der Waals surface area contributed by atoms with Crippen molar-refractivity contribution in [3.8, 4) is 5.75 Å². The third kappa shape index (κ3) is 3.26. The molecule has 0 radical (unpaired) electrons. The van der Waals surface area contributed by atoms with Crippen LogP contribution in [0.15, 0.2) is 24.3 Å². The van der Waals surface area contributed by atoms with Crippen LogP contribution in [0.2, 0.25) is 0 Å². The summed E-state index contributed by atoms with van der Waals surface area (Å²) >= 11 is 0. The first-order valence-corrected chi connectivity index (χ1v) is 11.0. The van der Waals surface area contributed by atoms with Crippen LogP contribution in [0.4, 0.5) is 5.69 Å². The Labute approximate surface area is 173 Å². The van der Waals surface area contributed by atoms with Crippen molar-refractivity contribution in [2.24, 2.45) is 5.41 Å². The molecule has 1 saturated carbocycles. The topological polar surface area (TPSA) is 53.1 Å². The first-order valence-electron chi connectivity index (χ1n) is 11.0. The Kier molecular flexibility index (Phi) is 5.45. The largest absolute Gasteiger partial charge is 0.495 e. The molecule has 0 aromatic heterocycles. The molecule has 1 spiro atoms. The molecule has 1 atom stereocenters. The molecular weight excluding hydrogens is 366 g/mol. The monoisotopic (exact) mass is 399 g/mol. The van der Waals surface area contributed by atoms with Crippen LogP contribution in [0.3, 0.4) is 0 Å². The molecule has 6 heteroatoms. The van der Waals surface area contributed by atoms with Crippen molar-refractivity contribution in [3.63, 3.8) is 0 Å². The van der Waals surface area contributed by atoms with Crippen LogP contribution < -0.4 is 9.64 Å². The number of hydrogen-bond acceptors (Lipinski definition) is 4. The molecule has 2 aliphatic heterocycles. The highest BCUT2D eigenvalue weighted by Gasteiger charge is 2.64. The van der Waals surface area contributed by atoms with E-state index in [2.05, 4.69) is 11.0 Å². The van der Waals surface area contributed by atoms with Gasteiger partial charge in [-0.3, -0.25) is 9.59 Å². The molecular formula is C23H33N3O3. The van der Waals surface area contributed by atoms with Gasteiger partial charge in [-0.25, -0.2) is 0 Å². The van der Waals surface area contributed by atoms with Crippen LogP contribution in [-0.2, 0) is 9.59 Å². The van der Waals surface area contributed by atoms with Crippen molar-refractivity contribution in [2.45, 2.75) is 58.0 Å². The van der Waals surface area contributed by atoms with E-state index in [-0.39, 0.29) is 23.9 Å². The normalized spacial score (nSPS) is 24.1. The van der Waals surface area contributed by atoms with Gasteiger partial charge >= 0.3 is 0 Å². The summed E-state index contributed by atoms with van der Waals surface area (Å²) in [6.07, 6.45) is 5.03. The zero-order valence-electron chi connectivity index (χ0n) is 17.9. The van der Waals surface area contributed by atoms with Gasteiger partial charge in [-0.2, -0.15) is 0 Å². The highest BCUT2D eigenvalue weighted by Crippen LogP contribution is 2.51. The average molecular weight is 400 g/mol. The molecule has 1 unspecified atom stereocenters. The minimum absolute atomic E-state index is 0.0684. The van der Waals surface area contributed by atoms with Crippen LogP contribution in [0.25, 0.3) is 0 Å². The smallest absolute Gasteiger partial charge is 0.246 e. The lowest BCUT2D eigenvalue weighted by atomic mass is 9.61. The molecule has 6 nitrogen and oxygen atoms in total. The highest BCUT2D eigenvalue weighted by molar-refractivity contribution is 6.02. The van der Waals surface area contributed by atoms with E-state index in [1.807, 2.05) is 41.8 Å². The Morgan fingerprint density at radius 3 is 2.34 bits per heavy atom. The van der Waals surface area contributed by atoms with E-state index in [0.29, 0.717) is 13.1 Å². The predicted molar refractivity (Wildman–Crippen MR) is 113 cm³/mol. The third-order valence-electron chi connectivity index (χ3n) is 7.02. The molecule has 1 aliphatic carbocycles. The molecule has 4 rings (SSSR count). The summed E-state index contributed by atoms with van der Waals surface area (Å²) < 4.78 is 5.50. The first kappa shape index (κ1) is 20.0. The van der Waals surface area contributed by atoms with Crippen molar-refractivity contribution in [1.29, 1.82) is 0 Å². The molecule has 0 N–H and O–H groups in total. The zero-order chi connectivity index (χ0) is 20.6. The molecule has 2 saturated heterocycles. The summed E-state index contributed by atoms with van der Waals surface area (Å²) in [6.45, 7) is 6.97. The second-order valence-electron chi connectivity index (χ2n) is 8.91. The maximum Gasteiger partial charge on any atom is 0.246 e. The number of rotatable bonds is 4. The van der Waals surface area contributed by atoms with E-state index in [1.165, 1.54) is 6.42 Å². The molecule has 29 heavy (non-hydrogen) atoms. The Morgan fingerprint density at radius 1 is 1.07 bits per heavy atom. The fourth-order valence-electron chi connectivity index (χ4n) is 5.48. The van der Waals surface area contributed by atoms with Gasteiger partial charge in [-0.05, 0) is 38.8 Å². The van der Waals surface area contributed by atoms with Gasteiger partial charge in [0.25, 0.3) is 0 Å². The summed E-state index contributed by atoms with van der Waals surface area (Å²) in [6, 6.07) is 7.83. The quantitative estimate of drug-likeness (QED) is 0.731. The Balaban J connectivity index is 1.47. The number of anilines is 1. The van der Waals surface area contributed by atoms with Gasteiger partial charge in [0.2, 0.25) is 11.8 Å². The molecule has 2 heterocycles. The van der Waals surface area contributed by atoms with Crippen LogP contribution in [-0.4, -0.2) is 67.0 Å². The summed E-state index contributed by atoms with van der Waals surface area (Å²) in [4.78, 5) is 32.7. The predicted octanol–water partition coefficient (Wildman–Crippen LogP) is 2.91. The molecule has 1 aromatic rings. The second kappa shape index (κ2) is 7.88. The number of para-hydroxylation sites is 2. The number of hydrogen-bond donors (Lipinski definition) is 0. The van der Waals surface area contributed by atoms with Crippen molar-refractivity contribution < 1.29 is 14.3 Å². The molecule has 2 amide bonds. The molecule has 1 aromatic carbocycles. The summed E-state index contributed by atoms with van der Waals surface area (Å²) in [7, 11) is 1.69. The maximum atomic E-state index is 13.6. The number of nitrogens with zero attached hydrogens (tertiary/aromatic N) is 3. The SMILES string of the molecule is COc1ccccc1N1CCN(C(=O)C2N(C(C)C)C(=O)C23CCCCC3)CC1. The van der Waals surface area contributed by atoms with Gasteiger partial charge in [0.15, 0.2) is 0 Å². The van der Waals surface area contributed by atoms with Gasteiger partial charge in [0.05, 0.1) is 18.2 Å². The fraction of sp³-hybridized carbons (Fsp3) is 0.652. The summed E-state index contributed by atoms with van der Waals surface area (Å²) in [5.41, 5.74) is 0.646. The minimum Gasteiger partial charge on any atom is -0.495 e. The number of methoxy groups -OCH3 is 1. The molecule has 3 fully saturated rings.